The van der Waals surface area contributed by atoms with Crippen molar-refractivity contribution < 1.29 is 37.0 Å². The number of ether oxygens (including phenoxy) is 2. The molecule has 1 rings (SSSR count). The van der Waals surface area contributed by atoms with Gasteiger partial charge in [0, 0.05) is 20.9 Å². The molecule has 0 aliphatic rings. The number of anilines is 1. The predicted molar refractivity (Wildman–Crippen MR) is 102 cm³/mol. The van der Waals surface area contributed by atoms with Crippen LogP contribution >= 0.6 is 31.9 Å². The Labute approximate surface area is 175 Å². The Morgan fingerprint density at radius 3 is 2.21 bits per heavy atom. The highest BCUT2D eigenvalue weighted by molar-refractivity contribution is 9.11. The van der Waals surface area contributed by atoms with E-state index in [1.165, 1.54) is 6.07 Å². The fourth-order valence-electron chi connectivity index (χ4n) is 2.04. The first-order chi connectivity index (χ1) is 12.9. The van der Waals surface area contributed by atoms with Gasteiger partial charge in [0.05, 0.1) is 24.5 Å². The second kappa shape index (κ2) is 10.1. The van der Waals surface area contributed by atoms with Crippen molar-refractivity contribution in [1.29, 1.82) is 0 Å². The predicted octanol–water partition coefficient (Wildman–Crippen LogP) is 4.55. The van der Waals surface area contributed by atoms with Crippen LogP contribution in [0.15, 0.2) is 27.2 Å². The first kappa shape index (κ1) is 24.2. The minimum Gasteiger partial charge on any atom is -0.463 e. The molecule has 0 aliphatic carbocycles. The van der Waals surface area contributed by atoms with E-state index in [4.69, 9.17) is 9.47 Å². The van der Waals surface area contributed by atoms with Crippen molar-refractivity contribution in [3.8, 4) is 0 Å². The highest BCUT2D eigenvalue weighted by Gasteiger charge is 2.39. The van der Waals surface area contributed by atoms with Crippen LogP contribution in [0.25, 0.3) is 0 Å². The molecule has 1 aromatic rings. The summed E-state index contributed by atoms with van der Waals surface area (Å²) < 4.78 is 47.6. The van der Waals surface area contributed by atoms with Gasteiger partial charge in [-0.25, -0.2) is 9.59 Å². The fraction of sp³-hybridized carbons (Fsp3) is 0.353. The first-order valence-corrected chi connectivity index (χ1v) is 9.43. The molecular weight excluding hydrogens is 515 g/mol. The van der Waals surface area contributed by atoms with Crippen LogP contribution in [-0.2, 0) is 25.5 Å². The van der Waals surface area contributed by atoms with Gasteiger partial charge in [-0.05, 0) is 57.3 Å². The third-order valence-electron chi connectivity index (χ3n) is 3.27. The van der Waals surface area contributed by atoms with E-state index in [9.17, 15) is 27.6 Å². The summed E-state index contributed by atoms with van der Waals surface area (Å²) in [5, 5.41) is 1.73. The van der Waals surface area contributed by atoms with Crippen LogP contribution < -0.4 is 5.32 Å². The smallest absolute Gasteiger partial charge is 0.463 e. The van der Waals surface area contributed by atoms with Gasteiger partial charge < -0.3 is 14.8 Å². The molecule has 0 bridgehead atoms. The summed E-state index contributed by atoms with van der Waals surface area (Å²) in [5.74, 6) is -3.69. The molecule has 0 saturated carbocycles. The SMILES string of the molecule is C=C(Cc1c(C(=O)OCC)cc(Br)c(NC(=O)C(F)(F)F)c1Br)C(=O)OCC. The Morgan fingerprint density at radius 2 is 1.71 bits per heavy atom. The van der Waals surface area contributed by atoms with Crippen molar-refractivity contribution in [1.82, 2.24) is 0 Å². The maximum atomic E-state index is 12.6. The zero-order valence-electron chi connectivity index (χ0n) is 14.8. The van der Waals surface area contributed by atoms with Gasteiger partial charge in [-0.2, -0.15) is 13.2 Å². The van der Waals surface area contributed by atoms with E-state index in [1.807, 2.05) is 0 Å². The standard InChI is InChI=1S/C17H16Br2F3NO5/c1-4-27-14(24)8(3)6-9-10(15(25)28-5-2)7-11(18)13(12(9)19)23-16(26)17(20,21)22/h7H,3-6H2,1-2H3,(H,23,26). The topological polar surface area (TPSA) is 81.7 Å². The zero-order valence-corrected chi connectivity index (χ0v) is 18.0. The Balaban J connectivity index is 3.47. The summed E-state index contributed by atoms with van der Waals surface area (Å²) in [5.41, 5.74) is -0.209. The number of rotatable bonds is 7. The summed E-state index contributed by atoms with van der Waals surface area (Å²) in [6.45, 7) is 6.90. The molecule has 0 spiro atoms. The molecular formula is C17H16Br2F3NO5. The minimum absolute atomic E-state index is 0.00512. The molecule has 154 valence electrons. The van der Waals surface area contributed by atoms with Crippen molar-refractivity contribution in [2.24, 2.45) is 0 Å². The third kappa shape index (κ3) is 6.06. The van der Waals surface area contributed by atoms with Crippen molar-refractivity contribution in [2.45, 2.75) is 26.4 Å². The molecule has 0 aromatic heterocycles. The van der Waals surface area contributed by atoms with Crippen LogP contribution in [0.5, 0.6) is 0 Å². The van der Waals surface area contributed by atoms with Crippen molar-refractivity contribution >= 4 is 55.4 Å². The third-order valence-corrected chi connectivity index (χ3v) is 4.77. The molecule has 0 fully saturated rings. The number of hydrogen-bond donors (Lipinski definition) is 1. The lowest BCUT2D eigenvalue weighted by Crippen LogP contribution is -2.30. The van der Waals surface area contributed by atoms with Gasteiger partial charge in [-0.15, -0.1) is 0 Å². The summed E-state index contributed by atoms with van der Waals surface area (Å²) in [7, 11) is 0. The lowest BCUT2D eigenvalue weighted by Gasteiger charge is -2.18. The molecule has 28 heavy (non-hydrogen) atoms. The number of carbonyl (C=O) groups excluding carboxylic acids is 3. The fourth-order valence-corrected chi connectivity index (χ4v) is 3.50. The van der Waals surface area contributed by atoms with Crippen LogP contribution in [0.4, 0.5) is 18.9 Å². The molecule has 0 saturated heterocycles. The summed E-state index contributed by atoms with van der Waals surface area (Å²) in [6, 6.07) is 1.20. The maximum Gasteiger partial charge on any atom is 0.471 e. The number of halogens is 5. The van der Waals surface area contributed by atoms with Crippen molar-refractivity contribution in [3.63, 3.8) is 0 Å². The van der Waals surface area contributed by atoms with Gasteiger partial charge in [0.25, 0.3) is 0 Å². The first-order valence-electron chi connectivity index (χ1n) is 7.85. The summed E-state index contributed by atoms with van der Waals surface area (Å²) in [6.07, 6.45) is -5.34. The van der Waals surface area contributed by atoms with Crippen LogP contribution in [0.1, 0.15) is 29.8 Å². The van der Waals surface area contributed by atoms with E-state index in [-0.39, 0.29) is 51.0 Å². The number of alkyl halides is 3. The van der Waals surface area contributed by atoms with Crippen molar-refractivity contribution in [2.75, 3.05) is 18.5 Å². The highest BCUT2D eigenvalue weighted by Crippen LogP contribution is 2.38. The summed E-state index contributed by atoms with van der Waals surface area (Å²) >= 11 is 6.13. The molecule has 0 heterocycles. The van der Waals surface area contributed by atoms with Gasteiger partial charge in [-0.1, -0.05) is 6.58 Å². The molecule has 0 unspecified atom stereocenters. The highest BCUT2D eigenvalue weighted by atomic mass is 79.9. The summed E-state index contributed by atoms with van der Waals surface area (Å²) in [4.78, 5) is 35.4. The normalized spacial score (nSPS) is 11.0. The van der Waals surface area contributed by atoms with Crippen LogP contribution in [0.2, 0.25) is 0 Å². The molecule has 6 nitrogen and oxygen atoms in total. The van der Waals surface area contributed by atoms with E-state index in [0.717, 1.165) is 0 Å². The second-order valence-electron chi connectivity index (χ2n) is 5.25. The van der Waals surface area contributed by atoms with Gasteiger partial charge in [0.15, 0.2) is 0 Å². The van der Waals surface area contributed by atoms with E-state index in [0.29, 0.717) is 0 Å². The van der Waals surface area contributed by atoms with E-state index >= 15 is 0 Å². The Hall–Kier alpha value is -1.88. The van der Waals surface area contributed by atoms with Gasteiger partial charge >= 0.3 is 24.0 Å². The van der Waals surface area contributed by atoms with Gasteiger partial charge in [0.2, 0.25) is 0 Å². The van der Waals surface area contributed by atoms with Crippen molar-refractivity contribution in [3.05, 3.63) is 38.3 Å². The van der Waals surface area contributed by atoms with E-state index < -0.39 is 24.0 Å². The van der Waals surface area contributed by atoms with Gasteiger partial charge in [0.1, 0.15) is 0 Å². The maximum absolute atomic E-state index is 12.6. The zero-order chi connectivity index (χ0) is 21.6. The number of esters is 2. The molecule has 0 radical (unpaired) electrons. The lowest BCUT2D eigenvalue weighted by molar-refractivity contribution is -0.167. The average Bonchev–Trinajstić information content (AvgIpc) is 2.59. The largest absolute Gasteiger partial charge is 0.471 e. The second-order valence-corrected chi connectivity index (χ2v) is 6.89. The van der Waals surface area contributed by atoms with Gasteiger partial charge in [-0.3, -0.25) is 4.79 Å². The molecule has 1 amide bonds. The van der Waals surface area contributed by atoms with Crippen LogP contribution in [0.3, 0.4) is 0 Å². The monoisotopic (exact) mass is 529 g/mol. The molecule has 11 heteroatoms. The van der Waals surface area contributed by atoms with Crippen LogP contribution in [0, 0.1) is 0 Å². The lowest BCUT2D eigenvalue weighted by atomic mass is 9.99. The van der Waals surface area contributed by atoms with E-state index in [2.05, 4.69) is 38.4 Å². The van der Waals surface area contributed by atoms with Crippen LogP contribution in [-0.4, -0.2) is 37.2 Å². The molecule has 1 N–H and O–H groups in total. The molecule has 0 atom stereocenters. The molecule has 1 aromatic carbocycles. The van der Waals surface area contributed by atoms with E-state index in [1.54, 1.807) is 19.2 Å². The Morgan fingerprint density at radius 1 is 1.14 bits per heavy atom. The average molecular weight is 531 g/mol. The quantitative estimate of drug-likeness (QED) is 0.413. The number of carbonyl (C=O) groups is 3. The number of amides is 1. The number of hydrogen-bond acceptors (Lipinski definition) is 5. The Kier molecular flexibility index (Phi) is 8.68. The Bertz CT molecular complexity index is 809. The molecule has 0 aliphatic heterocycles. The number of nitrogens with one attached hydrogen (secondary N) is 1. The number of benzene rings is 1. The minimum atomic E-state index is -5.12.